The van der Waals surface area contributed by atoms with Crippen molar-refractivity contribution in [2.75, 3.05) is 0 Å². The molecule has 0 atom stereocenters. The van der Waals surface area contributed by atoms with Crippen LogP contribution in [0.4, 0.5) is 0 Å². The Hall–Kier alpha value is -1.72. The first kappa shape index (κ1) is 17.7. The van der Waals surface area contributed by atoms with Crippen molar-refractivity contribution in [3.05, 3.63) is 64.8 Å². The Morgan fingerprint density at radius 2 is 1.77 bits per heavy atom. The summed E-state index contributed by atoms with van der Waals surface area (Å²) in [7, 11) is 0. The van der Waals surface area contributed by atoms with E-state index in [4.69, 9.17) is 23.2 Å². The first-order chi connectivity index (χ1) is 12.6. The van der Waals surface area contributed by atoms with E-state index in [-0.39, 0.29) is 0 Å². The first-order valence-electron chi connectivity index (χ1n) is 7.49. The minimum absolute atomic E-state index is 0.466. The van der Waals surface area contributed by atoms with Crippen molar-refractivity contribution >= 4 is 57.2 Å². The zero-order valence-electron chi connectivity index (χ0n) is 13.1. The van der Waals surface area contributed by atoms with Crippen LogP contribution in [-0.4, -0.2) is 41.6 Å². The molecule has 0 aliphatic rings. The summed E-state index contributed by atoms with van der Waals surface area (Å²) >= 11 is 19.4. The number of hydrogen-bond acceptors (Lipinski definition) is 4. The van der Waals surface area contributed by atoms with Gasteiger partial charge in [-0.15, -0.1) is 0 Å². The molecule has 0 unspecified atom stereocenters. The molecule has 0 aliphatic carbocycles. The third-order valence-corrected chi connectivity index (χ3v) is 5.52. The average molecular weight is 462 g/mol. The third-order valence-electron chi connectivity index (χ3n) is 3.79. The fourth-order valence-electron chi connectivity index (χ4n) is 2.60. The van der Waals surface area contributed by atoms with Gasteiger partial charge in [-0.1, -0.05) is 0 Å². The van der Waals surface area contributed by atoms with E-state index >= 15 is 0 Å². The van der Waals surface area contributed by atoms with Gasteiger partial charge in [0.2, 0.25) is 0 Å². The van der Waals surface area contributed by atoms with Crippen LogP contribution in [0.1, 0.15) is 0 Å². The van der Waals surface area contributed by atoms with Gasteiger partial charge in [-0.25, -0.2) is 0 Å². The number of rotatable bonds is 3. The number of halogens is 2. The van der Waals surface area contributed by atoms with Crippen molar-refractivity contribution in [2.45, 2.75) is 5.03 Å². The monoisotopic (exact) mass is 461 g/mol. The molecule has 0 saturated carbocycles. The Kier molecular flexibility index (Phi) is 4.84. The molecule has 0 aliphatic heterocycles. The van der Waals surface area contributed by atoms with E-state index in [1.807, 2.05) is 41.1 Å². The van der Waals surface area contributed by atoms with Crippen molar-refractivity contribution in [1.82, 2.24) is 24.8 Å². The predicted octanol–water partition coefficient (Wildman–Crippen LogP) is 3.51. The molecule has 2 aromatic carbocycles. The Morgan fingerprint density at radius 3 is 2.50 bits per heavy atom. The molecule has 128 valence electrons. The van der Waals surface area contributed by atoms with Crippen molar-refractivity contribution in [2.24, 2.45) is 0 Å². The molecule has 2 radical (unpaired) electrons. The number of aromatic nitrogens is 5. The fraction of sp³-hybridized carbons (Fsp3) is 0. The Balaban J connectivity index is 1.88. The summed E-state index contributed by atoms with van der Waals surface area (Å²) in [6.45, 7) is 0. The maximum absolute atomic E-state index is 6.38. The van der Waals surface area contributed by atoms with Crippen LogP contribution in [0, 0.1) is 0 Å². The van der Waals surface area contributed by atoms with E-state index < -0.39 is 0 Å². The summed E-state index contributed by atoms with van der Waals surface area (Å²) < 4.78 is 4.35. The molecule has 0 fully saturated rings. The molecule has 4 rings (SSSR count). The van der Waals surface area contributed by atoms with Gasteiger partial charge in [-0.2, -0.15) is 0 Å². The van der Waals surface area contributed by atoms with Gasteiger partial charge in [0.1, 0.15) is 0 Å². The molecule has 0 N–H and O–H groups in total. The van der Waals surface area contributed by atoms with Crippen LogP contribution < -0.4 is 4.48 Å². The molecule has 26 heavy (non-hydrogen) atoms. The quantitative estimate of drug-likeness (QED) is 0.375. The van der Waals surface area contributed by atoms with E-state index in [1.54, 1.807) is 23.0 Å². The van der Waals surface area contributed by atoms with Gasteiger partial charge in [0.15, 0.2) is 0 Å². The van der Waals surface area contributed by atoms with Gasteiger partial charge in [0.25, 0.3) is 0 Å². The molecular weight excluding hydrogens is 452 g/mol. The molecule has 9 heteroatoms. The average Bonchev–Trinajstić information content (AvgIpc) is 3.19. The second-order valence-electron chi connectivity index (χ2n) is 5.40. The second-order valence-corrected chi connectivity index (χ2v) is 7.55. The summed E-state index contributed by atoms with van der Waals surface area (Å²) in [6, 6.07) is 15.1. The van der Waals surface area contributed by atoms with Gasteiger partial charge in [-0.3, -0.25) is 0 Å². The van der Waals surface area contributed by atoms with Gasteiger partial charge in [0, 0.05) is 0 Å². The molecule has 4 aromatic rings. The van der Waals surface area contributed by atoms with Crippen molar-refractivity contribution < 1.29 is 0 Å². The maximum atomic E-state index is 6.38. The van der Waals surface area contributed by atoms with Crippen LogP contribution in [-0.2, 0) is 0 Å². The van der Waals surface area contributed by atoms with Crippen LogP contribution >= 0.6 is 35.8 Å². The van der Waals surface area contributed by atoms with Crippen LogP contribution in [0.3, 0.4) is 0 Å². The summed E-state index contributed by atoms with van der Waals surface area (Å²) in [6.07, 6.45) is 1.73. The summed E-state index contributed by atoms with van der Waals surface area (Å²) in [5.41, 5.74) is 3.13. The van der Waals surface area contributed by atoms with Crippen molar-refractivity contribution in [3.63, 3.8) is 0 Å². The van der Waals surface area contributed by atoms with Crippen LogP contribution in [0.15, 0.2) is 59.8 Å². The summed E-state index contributed by atoms with van der Waals surface area (Å²) in [5, 5.41) is 14.3. The van der Waals surface area contributed by atoms with Gasteiger partial charge in [0.05, 0.1) is 0 Å². The predicted molar refractivity (Wildman–Crippen MR) is 107 cm³/mol. The van der Waals surface area contributed by atoms with E-state index in [1.165, 1.54) is 0 Å². The Bertz CT molecular complexity index is 1090. The number of nitrogens with zero attached hydrogens (tertiary/aromatic N) is 5. The Labute approximate surface area is 173 Å². The van der Waals surface area contributed by atoms with E-state index in [0.717, 1.165) is 21.4 Å². The fourth-order valence-corrected chi connectivity index (χ4v) is 4.02. The summed E-state index contributed by atoms with van der Waals surface area (Å²) in [5.74, 6) is 0. The zero-order valence-corrected chi connectivity index (χ0v) is 17.4. The van der Waals surface area contributed by atoms with E-state index in [9.17, 15) is 0 Å². The van der Waals surface area contributed by atoms with Gasteiger partial charge < -0.3 is 0 Å². The number of hydrogen-bond donors (Lipinski definition) is 1. The van der Waals surface area contributed by atoms with Crippen molar-refractivity contribution in [3.8, 4) is 22.6 Å². The third kappa shape index (κ3) is 3.07. The first-order valence-corrected chi connectivity index (χ1v) is 9.63. The zero-order chi connectivity index (χ0) is 18.3. The van der Waals surface area contributed by atoms with E-state index in [0.29, 0.717) is 20.8 Å². The minimum atomic E-state index is 0.466. The molecule has 0 amide bonds. The van der Waals surface area contributed by atoms with E-state index in [2.05, 4.69) is 44.9 Å². The number of para-hydroxylation sites is 1. The normalized spacial score (nSPS) is 11.1. The molecule has 0 bridgehead atoms. The molecule has 2 heterocycles. The van der Waals surface area contributed by atoms with Gasteiger partial charge in [-0.05, 0) is 0 Å². The standard InChI is InChI=1S/C17H10AsCl2N5S/c18-16-14(9-21-24(16)11-4-2-1-3-5-11)25-15(17(26)22-23-25)12-7-6-10(19)8-13(12)20/h1-9,26H. The molecule has 5 nitrogen and oxygen atoms in total. The Morgan fingerprint density at radius 1 is 1.00 bits per heavy atom. The van der Waals surface area contributed by atoms with Crippen LogP contribution in [0.2, 0.25) is 10.0 Å². The van der Waals surface area contributed by atoms with Crippen LogP contribution in [0.5, 0.6) is 0 Å². The molecule has 0 spiro atoms. The van der Waals surface area contributed by atoms with Crippen LogP contribution in [0.25, 0.3) is 22.6 Å². The SMILES string of the molecule is Sc1nnn(-c2cnn(-c3ccccc3)c2[As])c1-c1ccc(Cl)cc1Cl. The number of thiol groups is 1. The van der Waals surface area contributed by atoms with Gasteiger partial charge >= 0.3 is 174 Å². The topological polar surface area (TPSA) is 48.5 Å². The van der Waals surface area contributed by atoms with Crippen molar-refractivity contribution in [1.29, 1.82) is 0 Å². The molecule has 0 saturated heterocycles. The molecule has 2 aromatic heterocycles. The number of benzene rings is 2. The second kappa shape index (κ2) is 7.12. The molecular formula is C17H10AsCl2N5S. The summed E-state index contributed by atoms with van der Waals surface area (Å²) in [4.78, 5) is 0.